The maximum Gasteiger partial charge on any atom is 0.244 e. The number of amides is 1. The van der Waals surface area contributed by atoms with Gasteiger partial charge in [-0.05, 0) is 36.9 Å². The van der Waals surface area contributed by atoms with Gasteiger partial charge < -0.3 is 14.4 Å². The molecule has 2 aromatic rings. The molecule has 2 unspecified atom stereocenters. The summed E-state index contributed by atoms with van der Waals surface area (Å²) in [5.41, 5.74) is 1.90. The second-order valence-electron chi connectivity index (χ2n) is 6.67. The van der Waals surface area contributed by atoms with Gasteiger partial charge in [0.05, 0.1) is 25.4 Å². The average molecular weight is 338 g/mol. The maximum absolute atomic E-state index is 13.3. The Balaban J connectivity index is 1.71. The van der Waals surface area contributed by atoms with Crippen molar-refractivity contribution in [2.45, 2.75) is 25.1 Å². The number of hydrogen-bond donors (Lipinski definition) is 0. The van der Waals surface area contributed by atoms with Crippen molar-refractivity contribution in [1.82, 2.24) is 4.90 Å². The van der Waals surface area contributed by atoms with E-state index in [2.05, 4.69) is 4.90 Å². The van der Waals surface area contributed by atoms with Crippen LogP contribution in [0.2, 0.25) is 0 Å². The highest BCUT2D eigenvalue weighted by Gasteiger charge is 2.41. The molecule has 0 N–H and O–H groups in total. The van der Waals surface area contributed by atoms with Crippen molar-refractivity contribution in [2.24, 2.45) is 0 Å². The molecule has 0 radical (unpaired) electrons. The van der Waals surface area contributed by atoms with Crippen molar-refractivity contribution >= 4 is 11.6 Å². The van der Waals surface area contributed by atoms with Gasteiger partial charge in [0.25, 0.3) is 0 Å². The molecule has 25 heavy (non-hydrogen) atoms. The van der Waals surface area contributed by atoms with E-state index in [1.54, 1.807) is 7.11 Å². The SMILES string of the molecule is COc1ccc(CN2C(=O)C3CC(CN3C)Oc3ccccc32)cc1. The van der Waals surface area contributed by atoms with Crippen LogP contribution in [0.5, 0.6) is 11.5 Å². The Kier molecular flexibility index (Phi) is 4.09. The molecule has 2 aromatic carbocycles. The summed E-state index contributed by atoms with van der Waals surface area (Å²) in [5, 5.41) is 0. The number of carbonyl (C=O) groups excluding carboxylic acids is 1. The molecule has 1 amide bonds. The average Bonchev–Trinajstić information content (AvgIpc) is 3.01. The van der Waals surface area contributed by atoms with Crippen molar-refractivity contribution in [3.63, 3.8) is 0 Å². The van der Waals surface area contributed by atoms with Gasteiger partial charge in [0.15, 0.2) is 0 Å². The molecule has 5 heteroatoms. The first kappa shape index (κ1) is 16.0. The normalized spacial score (nSPS) is 22.8. The van der Waals surface area contributed by atoms with E-state index in [1.165, 1.54) is 0 Å². The second kappa shape index (κ2) is 6.41. The first-order valence-electron chi connectivity index (χ1n) is 8.56. The van der Waals surface area contributed by atoms with Gasteiger partial charge in [0, 0.05) is 13.0 Å². The summed E-state index contributed by atoms with van der Waals surface area (Å²) < 4.78 is 11.4. The van der Waals surface area contributed by atoms with Gasteiger partial charge >= 0.3 is 0 Å². The Morgan fingerprint density at radius 3 is 2.68 bits per heavy atom. The van der Waals surface area contributed by atoms with Crippen LogP contribution in [0.3, 0.4) is 0 Å². The van der Waals surface area contributed by atoms with Gasteiger partial charge in [-0.2, -0.15) is 0 Å². The predicted molar refractivity (Wildman–Crippen MR) is 96.1 cm³/mol. The number of fused-ring (bicyclic) bond motifs is 3. The molecule has 2 atom stereocenters. The minimum atomic E-state index is -0.128. The third kappa shape index (κ3) is 2.96. The van der Waals surface area contributed by atoms with E-state index >= 15 is 0 Å². The molecule has 1 fully saturated rings. The minimum absolute atomic E-state index is 0.0724. The molecule has 4 rings (SSSR count). The van der Waals surface area contributed by atoms with Crippen LogP contribution in [0, 0.1) is 0 Å². The molecule has 5 nitrogen and oxygen atoms in total. The van der Waals surface area contributed by atoms with Crippen LogP contribution in [0.15, 0.2) is 48.5 Å². The van der Waals surface area contributed by atoms with E-state index < -0.39 is 0 Å². The molecule has 2 aliphatic rings. The quantitative estimate of drug-likeness (QED) is 0.863. The van der Waals surface area contributed by atoms with Crippen LogP contribution in [-0.2, 0) is 11.3 Å². The van der Waals surface area contributed by atoms with Gasteiger partial charge in [-0.25, -0.2) is 0 Å². The lowest BCUT2D eigenvalue weighted by molar-refractivity contribution is -0.122. The fourth-order valence-electron chi connectivity index (χ4n) is 3.66. The summed E-state index contributed by atoms with van der Waals surface area (Å²) in [6, 6.07) is 15.5. The third-order valence-corrected chi connectivity index (χ3v) is 5.01. The lowest BCUT2D eigenvalue weighted by Gasteiger charge is -2.31. The fraction of sp³-hybridized carbons (Fsp3) is 0.350. The maximum atomic E-state index is 13.3. The zero-order valence-electron chi connectivity index (χ0n) is 14.5. The number of hydrogen-bond acceptors (Lipinski definition) is 4. The predicted octanol–water partition coefficient (Wildman–Crippen LogP) is 2.69. The summed E-state index contributed by atoms with van der Waals surface area (Å²) in [4.78, 5) is 17.2. The number of nitrogens with zero attached hydrogens (tertiary/aromatic N) is 2. The van der Waals surface area contributed by atoms with E-state index in [0.717, 1.165) is 35.7 Å². The third-order valence-electron chi connectivity index (χ3n) is 5.01. The van der Waals surface area contributed by atoms with E-state index in [4.69, 9.17) is 9.47 Å². The number of ether oxygens (including phenoxy) is 2. The number of likely N-dealkylation sites (tertiary alicyclic amines) is 1. The standard InChI is InChI=1S/C20H22N2O3/c1-21-13-16-11-18(21)20(23)22(17-5-3-4-6-19(17)25-16)12-14-7-9-15(24-2)10-8-14/h3-10,16,18H,11-13H2,1-2H3. The monoisotopic (exact) mass is 338 g/mol. The largest absolute Gasteiger partial charge is 0.497 e. The lowest BCUT2D eigenvalue weighted by atomic mass is 10.1. The minimum Gasteiger partial charge on any atom is -0.497 e. The number of rotatable bonds is 3. The summed E-state index contributed by atoms with van der Waals surface area (Å²) in [6.45, 7) is 1.29. The Hall–Kier alpha value is -2.53. The molecule has 0 spiro atoms. The Labute approximate surface area is 147 Å². The van der Waals surface area contributed by atoms with Crippen LogP contribution >= 0.6 is 0 Å². The van der Waals surface area contributed by atoms with E-state index in [-0.39, 0.29) is 18.1 Å². The zero-order valence-corrected chi connectivity index (χ0v) is 14.5. The van der Waals surface area contributed by atoms with Crippen LogP contribution in [0.25, 0.3) is 0 Å². The molecule has 0 aromatic heterocycles. The molecular weight excluding hydrogens is 316 g/mol. The summed E-state index contributed by atoms with van der Waals surface area (Å²) in [6.07, 6.45) is 0.811. The van der Waals surface area contributed by atoms with Crippen LogP contribution in [0.4, 0.5) is 5.69 Å². The fourth-order valence-corrected chi connectivity index (χ4v) is 3.66. The van der Waals surface area contributed by atoms with Crippen molar-refractivity contribution < 1.29 is 14.3 Å². The number of carbonyl (C=O) groups is 1. The van der Waals surface area contributed by atoms with E-state index in [9.17, 15) is 4.79 Å². The topological polar surface area (TPSA) is 42.0 Å². The molecule has 130 valence electrons. The Bertz CT molecular complexity index is 775. The molecular formula is C20H22N2O3. The second-order valence-corrected chi connectivity index (χ2v) is 6.67. The Morgan fingerprint density at radius 1 is 1.16 bits per heavy atom. The Morgan fingerprint density at radius 2 is 1.92 bits per heavy atom. The summed E-state index contributed by atoms with van der Waals surface area (Å²) in [7, 11) is 3.64. The zero-order chi connectivity index (χ0) is 17.4. The smallest absolute Gasteiger partial charge is 0.244 e. The molecule has 2 aliphatic heterocycles. The molecule has 2 bridgehead atoms. The number of anilines is 1. The van der Waals surface area contributed by atoms with Crippen molar-refractivity contribution in [3.8, 4) is 11.5 Å². The lowest BCUT2D eigenvalue weighted by Crippen LogP contribution is -2.44. The van der Waals surface area contributed by atoms with Gasteiger partial charge in [0.1, 0.15) is 17.6 Å². The molecule has 1 saturated heterocycles. The molecule has 0 aliphatic carbocycles. The van der Waals surface area contributed by atoms with Crippen molar-refractivity contribution in [2.75, 3.05) is 25.6 Å². The van der Waals surface area contributed by atoms with E-state index in [0.29, 0.717) is 6.54 Å². The van der Waals surface area contributed by atoms with Crippen LogP contribution in [-0.4, -0.2) is 43.7 Å². The van der Waals surface area contributed by atoms with Crippen molar-refractivity contribution in [3.05, 3.63) is 54.1 Å². The van der Waals surface area contributed by atoms with Crippen molar-refractivity contribution in [1.29, 1.82) is 0 Å². The van der Waals surface area contributed by atoms with Gasteiger partial charge in [-0.3, -0.25) is 9.69 Å². The van der Waals surface area contributed by atoms with Crippen LogP contribution in [0.1, 0.15) is 12.0 Å². The first-order valence-corrected chi connectivity index (χ1v) is 8.56. The number of para-hydroxylation sites is 2. The highest BCUT2D eigenvalue weighted by Crippen LogP contribution is 2.36. The summed E-state index contributed by atoms with van der Waals surface area (Å²) in [5.74, 6) is 1.73. The number of methoxy groups -OCH3 is 1. The highest BCUT2D eigenvalue weighted by molar-refractivity contribution is 5.99. The van der Waals surface area contributed by atoms with Gasteiger partial charge in [-0.15, -0.1) is 0 Å². The highest BCUT2D eigenvalue weighted by atomic mass is 16.5. The number of likely N-dealkylation sites (N-methyl/N-ethyl adjacent to an activating group) is 1. The van der Waals surface area contributed by atoms with E-state index in [1.807, 2.05) is 60.5 Å². The molecule has 2 heterocycles. The van der Waals surface area contributed by atoms with Crippen LogP contribution < -0.4 is 14.4 Å². The van der Waals surface area contributed by atoms with Gasteiger partial charge in [-0.1, -0.05) is 24.3 Å². The number of benzene rings is 2. The van der Waals surface area contributed by atoms with Gasteiger partial charge in [0.2, 0.25) is 5.91 Å². The first-order chi connectivity index (χ1) is 12.2. The molecule has 0 saturated carbocycles. The summed E-state index contributed by atoms with van der Waals surface area (Å²) >= 11 is 0.